The second-order valence-corrected chi connectivity index (χ2v) is 8.07. The maximum absolute atomic E-state index is 12.9. The molecule has 132 valence electrons. The molecule has 0 bridgehead atoms. The van der Waals surface area contributed by atoms with Gasteiger partial charge in [0.25, 0.3) is 0 Å². The Kier molecular flexibility index (Phi) is 5.20. The first-order valence-corrected chi connectivity index (χ1v) is 9.71. The van der Waals surface area contributed by atoms with E-state index in [1.807, 2.05) is 43.3 Å². The zero-order chi connectivity index (χ0) is 17.9. The minimum atomic E-state index is -3.71. The van der Waals surface area contributed by atoms with Crippen molar-refractivity contribution < 1.29 is 17.9 Å². The van der Waals surface area contributed by atoms with Crippen LogP contribution in [0.15, 0.2) is 59.5 Å². The second-order valence-electron chi connectivity index (χ2n) is 6.18. The first-order valence-electron chi connectivity index (χ1n) is 8.27. The highest BCUT2D eigenvalue weighted by Crippen LogP contribution is 2.27. The van der Waals surface area contributed by atoms with Crippen LogP contribution < -0.4 is 0 Å². The summed E-state index contributed by atoms with van der Waals surface area (Å²) in [6.45, 7) is 2.32. The topological polar surface area (TPSA) is 63.7 Å². The normalized spacial score (nSPS) is 18.2. The third-order valence-corrected chi connectivity index (χ3v) is 6.20. The highest BCUT2D eigenvalue weighted by Gasteiger charge is 2.40. The predicted octanol–water partition coefficient (Wildman–Crippen LogP) is 2.89. The zero-order valence-electron chi connectivity index (χ0n) is 14.1. The van der Waals surface area contributed by atoms with Gasteiger partial charge in [-0.2, -0.15) is 4.31 Å². The summed E-state index contributed by atoms with van der Waals surface area (Å²) < 4.78 is 32.4. The first kappa shape index (κ1) is 17.6. The summed E-state index contributed by atoms with van der Waals surface area (Å²) >= 11 is 0. The molecule has 0 spiro atoms. The van der Waals surface area contributed by atoms with Gasteiger partial charge in [0.15, 0.2) is 0 Å². The van der Waals surface area contributed by atoms with Crippen LogP contribution in [0, 0.1) is 6.92 Å². The van der Waals surface area contributed by atoms with Crippen LogP contribution in [-0.2, 0) is 26.2 Å². The maximum Gasteiger partial charge on any atom is 0.324 e. The van der Waals surface area contributed by atoms with Crippen molar-refractivity contribution in [2.24, 2.45) is 0 Å². The minimum absolute atomic E-state index is 0.147. The lowest BCUT2D eigenvalue weighted by molar-refractivity contribution is -0.148. The molecule has 3 rings (SSSR count). The van der Waals surface area contributed by atoms with Crippen molar-refractivity contribution in [2.45, 2.75) is 37.3 Å². The molecule has 0 aromatic heterocycles. The van der Waals surface area contributed by atoms with Crippen LogP contribution in [0.5, 0.6) is 0 Å². The van der Waals surface area contributed by atoms with Gasteiger partial charge in [-0.3, -0.25) is 4.79 Å². The summed E-state index contributed by atoms with van der Waals surface area (Å²) in [7, 11) is -3.71. The Labute approximate surface area is 148 Å². The van der Waals surface area contributed by atoms with Crippen LogP contribution in [0.1, 0.15) is 24.0 Å². The van der Waals surface area contributed by atoms with Gasteiger partial charge < -0.3 is 4.74 Å². The summed E-state index contributed by atoms with van der Waals surface area (Å²) in [4.78, 5) is 12.7. The van der Waals surface area contributed by atoms with Crippen LogP contribution >= 0.6 is 0 Å². The standard InChI is InChI=1S/C19H21NO4S/c1-15-7-5-10-17(13-15)25(22,23)20-12-6-11-18(20)19(21)24-14-16-8-3-2-4-9-16/h2-5,7-10,13,18H,6,11-12,14H2,1H3. The van der Waals surface area contributed by atoms with Gasteiger partial charge in [0.1, 0.15) is 12.6 Å². The molecule has 0 saturated carbocycles. The molecule has 0 radical (unpaired) electrons. The molecule has 2 aromatic carbocycles. The molecule has 1 aliphatic rings. The number of rotatable bonds is 5. The number of benzene rings is 2. The number of hydrogen-bond acceptors (Lipinski definition) is 4. The summed E-state index contributed by atoms with van der Waals surface area (Å²) in [5.74, 6) is -0.488. The van der Waals surface area contributed by atoms with E-state index in [1.165, 1.54) is 4.31 Å². The average molecular weight is 359 g/mol. The Bertz CT molecular complexity index is 849. The Morgan fingerprint density at radius 3 is 2.64 bits per heavy atom. The fraction of sp³-hybridized carbons (Fsp3) is 0.316. The molecule has 1 unspecified atom stereocenters. The van der Waals surface area contributed by atoms with E-state index < -0.39 is 22.0 Å². The Morgan fingerprint density at radius 2 is 1.92 bits per heavy atom. The predicted molar refractivity (Wildman–Crippen MR) is 94.3 cm³/mol. The lowest BCUT2D eigenvalue weighted by Gasteiger charge is -2.23. The summed E-state index contributed by atoms with van der Waals surface area (Å²) in [5.41, 5.74) is 1.74. The van der Waals surface area contributed by atoms with Gasteiger partial charge in [-0.1, -0.05) is 42.5 Å². The van der Waals surface area contributed by atoms with Crippen LogP contribution in [0.25, 0.3) is 0 Å². The smallest absolute Gasteiger partial charge is 0.324 e. The number of hydrogen-bond donors (Lipinski definition) is 0. The zero-order valence-corrected chi connectivity index (χ0v) is 14.9. The van der Waals surface area contributed by atoms with Crippen LogP contribution in [0.3, 0.4) is 0 Å². The molecule has 1 atom stereocenters. The van der Waals surface area contributed by atoms with Crippen molar-refractivity contribution in [3.63, 3.8) is 0 Å². The number of nitrogens with zero attached hydrogens (tertiary/aromatic N) is 1. The van der Waals surface area contributed by atoms with E-state index in [-0.39, 0.29) is 11.5 Å². The highest BCUT2D eigenvalue weighted by molar-refractivity contribution is 7.89. The molecule has 2 aromatic rings. The van der Waals surface area contributed by atoms with E-state index in [0.29, 0.717) is 19.4 Å². The molecular formula is C19H21NO4S. The number of carbonyl (C=O) groups excluding carboxylic acids is 1. The monoisotopic (exact) mass is 359 g/mol. The lowest BCUT2D eigenvalue weighted by atomic mass is 10.2. The van der Waals surface area contributed by atoms with E-state index in [1.54, 1.807) is 18.2 Å². The fourth-order valence-electron chi connectivity index (χ4n) is 3.00. The highest BCUT2D eigenvalue weighted by atomic mass is 32.2. The fourth-order valence-corrected chi connectivity index (χ4v) is 4.75. The molecule has 1 fully saturated rings. The molecule has 1 saturated heterocycles. The number of sulfonamides is 1. The Balaban J connectivity index is 1.74. The van der Waals surface area contributed by atoms with Gasteiger partial charge in [0.2, 0.25) is 10.0 Å². The van der Waals surface area contributed by atoms with Gasteiger partial charge in [-0.05, 0) is 43.0 Å². The first-order chi connectivity index (χ1) is 12.0. The van der Waals surface area contributed by atoms with E-state index in [2.05, 4.69) is 0 Å². The number of carbonyl (C=O) groups is 1. The Morgan fingerprint density at radius 1 is 1.16 bits per heavy atom. The van der Waals surface area contributed by atoms with Gasteiger partial charge >= 0.3 is 5.97 Å². The quantitative estimate of drug-likeness (QED) is 0.770. The van der Waals surface area contributed by atoms with Crippen molar-refractivity contribution in [1.82, 2.24) is 4.31 Å². The van der Waals surface area contributed by atoms with Crippen molar-refractivity contribution in [2.75, 3.05) is 6.54 Å². The molecule has 1 aliphatic heterocycles. The second kappa shape index (κ2) is 7.37. The lowest BCUT2D eigenvalue weighted by Crippen LogP contribution is -2.41. The van der Waals surface area contributed by atoms with E-state index in [4.69, 9.17) is 4.74 Å². The summed E-state index contributed by atoms with van der Waals surface area (Å²) in [6, 6.07) is 15.3. The third-order valence-electron chi connectivity index (χ3n) is 4.30. The van der Waals surface area contributed by atoms with Gasteiger partial charge in [-0.15, -0.1) is 0 Å². The summed E-state index contributed by atoms with van der Waals surface area (Å²) in [6.07, 6.45) is 1.13. The molecular weight excluding hydrogens is 338 g/mol. The molecule has 0 N–H and O–H groups in total. The molecule has 1 heterocycles. The number of esters is 1. The minimum Gasteiger partial charge on any atom is -0.460 e. The van der Waals surface area contributed by atoms with Crippen molar-refractivity contribution >= 4 is 16.0 Å². The number of aryl methyl sites for hydroxylation is 1. The SMILES string of the molecule is Cc1cccc(S(=O)(=O)N2CCCC2C(=O)OCc2ccccc2)c1. The third kappa shape index (κ3) is 3.91. The largest absolute Gasteiger partial charge is 0.460 e. The van der Waals surface area contributed by atoms with Gasteiger partial charge in [0, 0.05) is 6.54 Å². The van der Waals surface area contributed by atoms with E-state index in [9.17, 15) is 13.2 Å². The molecule has 0 amide bonds. The van der Waals surface area contributed by atoms with E-state index >= 15 is 0 Å². The van der Waals surface area contributed by atoms with Crippen LogP contribution in [-0.4, -0.2) is 31.3 Å². The van der Waals surface area contributed by atoms with Crippen LogP contribution in [0.2, 0.25) is 0 Å². The molecule has 0 aliphatic carbocycles. The molecule has 5 nitrogen and oxygen atoms in total. The molecule has 25 heavy (non-hydrogen) atoms. The van der Waals surface area contributed by atoms with Crippen molar-refractivity contribution in [3.05, 3.63) is 65.7 Å². The van der Waals surface area contributed by atoms with Crippen LogP contribution in [0.4, 0.5) is 0 Å². The summed E-state index contributed by atoms with van der Waals surface area (Å²) in [5, 5.41) is 0. The number of ether oxygens (including phenoxy) is 1. The van der Waals surface area contributed by atoms with Gasteiger partial charge in [-0.25, -0.2) is 8.42 Å². The molecule has 6 heteroatoms. The van der Waals surface area contributed by atoms with Crippen molar-refractivity contribution in [3.8, 4) is 0 Å². The van der Waals surface area contributed by atoms with E-state index in [0.717, 1.165) is 11.1 Å². The Hall–Kier alpha value is -2.18. The van der Waals surface area contributed by atoms with Gasteiger partial charge in [0.05, 0.1) is 4.90 Å². The van der Waals surface area contributed by atoms with Crippen molar-refractivity contribution in [1.29, 1.82) is 0 Å². The average Bonchev–Trinajstić information content (AvgIpc) is 3.11. The maximum atomic E-state index is 12.9.